The molecule has 0 heterocycles. The highest BCUT2D eigenvalue weighted by Gasteiger charge is 2.65. The Kier molecular flexibility index (Phi) is 3.71. The van der Waals surface area contributed by atoms with Gasteiger partial charge in [-0.15, -0.1) is 0 Å². The molecule has 0 aromatic heterocycles. The Labute approximate surface area is 164 Å². The highest BCUT2D eigenvalue weighted by atomic mass is 16.6. The predicted molar refractivity (Wildman–Crippen MR) is 106 cm³/mol. The molecule has 6 aliphatic rings. The zero-order valence-corrected chi connectivity index (χ0v) is 16.9. The van der Waals surface area contributed by atoms with Crippen molar-refractivity contribution in [3.63, 3.8) is 0 Å². The minimum atomic E-state index is -0.245. The van der Waals surface area contributed by atoms with E-state index in [2.05, 4.69) is 13.5 Å². The lowest BCUT2D eigenvalue weighted by molar-refractivity contribution is -0.178. The van der Waals surface area contributed by atoms with Crippen LogP contribution >= 0.6 is 0 Å². The molecule has 2 nitrogen and oxygen atoms in total. The average molecular weight is 369 g/mol. The lowest BCUT2D eigenvalue weighted by atomic mass is 9.60. The van der Waals surface area contributed by atoms with E-state index in [0.29, 0.717) is 11.8 Å². The highest BCUT2D eigenvalue weighted by molar-refractivity contribution is 5.81. The molecule has 0 aliphatic heterocycles. The third kappa shape index (κ3) is 2.22. The zero-order valence-electron chi connectivity index (χ0n) is 16.9. The van der Waals surface area contributed by atoms with E-state index in [9.17, 15) is 4.79 Å². The third-order valence-electron chi connectivity index (χ3n) is 10.8. The van der Waals surface area contributed by atoms with E-state index in [4.69, 9.17) is 4.74 Å². The number of esters is 1. The summed E-state index contributed by atoms with van der Waals surface area (Å²) in [6.07, 6.45) is 15.6. The zero-order chi connectivity index (χ0) is 18.3. The molecule has 0 saturated heterocycles. The highest BCUT2D eigenvalue weighted by Crippen LogP contribution is 2.69. The molecule has 0 amide bonds. The number of ether oxygens (including phenoxy) is 1. The van der Waals surface area contributed by atoms with Crippen LogP contribution in [0, 0.1) is 59.2 Å². The van der Waals surface area contributed by atoms with Crippen LogP contribution in [0.15, 0.2) is 12.7 Å². The van der Waals surface area contributed by atoms with Gasteiger partial charge in [-0.25, -0.2) is 4.79 Å². The van der Waals surface area contributed by atoms with Gasteiger partial charge in [0.05, 0.1) is 0 Å². The summed E-state index contributed by atoms with van der Waals surface area (Å²) in [5.74, 6) is 8.42. The van der Waals surface area contributed by atoms with Gasteiger partial charge in [0.2, 0.25) is 0 Å². The molecule has 148 valence electrons. The fourth-order valence-electron chi connectivity index (χ4n) is 10.1. The Morgan fingerprint density at radius 3 is 1.78 bits per heavy atom. The third-order valence-corrected chi connectivity index (χ3v) is 10.8. The van der Waals surface area contributed by atoms with Gasteiger partial charge in [0.1, 0.15) is 5.60 Å². The summed E-state index contributed by atoms with van der Waals surface area (Å²) in [5.41, 5.74) is -0.245. The van der Waals surface area contributed by atoms with Crippen LogP contribution < -0.4 is 0 Å². The second-order valence-electron chi connectivity index (χ2n) is 11.3. The molecule has 6 aliphatic carbocycles. The molecule has 6 fully saturated rings. The van der Waals surface area contributed by atoms with Crippen molar-refractivity contribution < 1.29 is 9.53 Å². The van der Waals surface area contributed by atoms with E-state index < -0.39 is 0 Å². The molecule has 4 bridgehead atoms. The Morgan fingerprint density at radius 2 is 1.30 bits per heavy atom. The smallest absolute Gasteiger partial charge is 0.330 e. The van der Waals surface area contributed by atoms with E-state index in [1.165, 1.54) is 70.3 Å². The Bertz CT molecular complexity index is 611. The Hall–Kier alpha value is -0.790. The topological polar surface area (TPSA) is 26.3 Å². The van der Waals surface area contributed by atoms with Crippen molar-refractivity contribution in [3.8, 4) is 0 Å². The van der Waals surface area contributed by atoms with Crippen LogP contribution in [0.4, 0.5) is 0 Å². The average Bonchev–Trinajstić information content (AvgIpc) is 3.47. The molecule has 0 N–H and O–H groups in total. The van der Waals surface area contributed by atoms with Crippen molar-refractivity contribution in [2.45, 2.75) is 76.7 Å². The molecule has 0 aromatic carbocycles. The number of fused-ring (bicyclic) bond motifs is 10. The first-order valence-electron chi connectivity index (χ1n) is 12.0. The Morgan fingerprint density at radius 1 is 0.815 bits per heavy atom. The largest absolute Gasteiger partial charge is 0.456 e. The monoisotopic (exact) mass is 368 g/mol. The number of rotatable bonds is 4. The summed E-state index contributed by atoms with van der Waals surface area (Å²) in [4.78, 5) is 12.5. The van der Waals surface area contributed by atoms with Crippen LogP contribution in [0.3, 0.4) is 0 Å². The van der Waals surface area contributed by atoms with Crippen molar-refractivity contribution in [2.24, 2.45) is 59.2 Å². The van der Waals surface area contributed by atoms with Crippen molar-refractivity contribution in [1.82, 2.24) is 0 Å². The fraction of sp³-hybridized carbons (Fsp3) is 0.880. The van der Waals surface area contributed by atoms with E-state index in [1.54, 1.807) is 0 Å². The molecule has 0 aromatic rings. The minimum absolute atomic E-state index is 0.172. The summed E-state index contributed by atoms with van der Waals surface area (Å²) in [6.45, 7) is 6.09. The van der Waals surface area contributed by atoms with Gasteiger partial charge < -0.3 is 4.74 Å². The van der Waals surface area contributed by atoms with Gasteiger partial charge in [-0.3, -0.25) is 0 Å². The first kappa shape index (κ1) is 17.1. The molecule has 27 heavy (non-hydrogen) atoms. The molecule has 6 rings (SSSR count). The summed E-state index contributed by atoms with van der Waals surface area (Å²) in [7, 11) is 0. The van der Waals surface area contributed by atoms with Crippen LogP contribution in [0.2, 0.25) is 0 Å². The second kappa shape index (κ2) is 5.86. The number of hydrogen-bond acceptors (Lipinski definition) is 2. The second-order valence-corrected chi connectivity index (χ2v) is 11.3. The quantitative estimate of drug-likeness (QED) is 0.475. The maximum absolute atomic E-state index is 12.5. The van der Waals surface area contributed by atoms with Gasteiger partial charge in [0.15, 0.2) is 0 Å². The van der Waals surface area contributed by atoms with E-state index in [1.807, 2.05) is 0 Å². The first-order chi connectivity index (χ1) is 13.1. The first-order valence-corrected chi connectivity index (χ1v) is 12.0. The predicted octanol–water partition coefficient (Wildman–Crippen LogP) is 5.62. The van der Waals surface area contributed by atoms with Crippen molar-refractivity contribution >= 4 is 5.97 Å². The van der Waals surface area contributed by atoms with E-state index in [-0.39, 0.29) is 11.6 Å². The van der Waals surface area contributed by atoms with Crippen LogP contribution in [-0.2, 0) is 9.53 Å². The molecular formula is C25H36O2. The van der Waals surface area contributed by atoms with Gasteiger partial charge >= 0.3 is 5.97 Å². The SMILES string of the molecule is C=CC(=O)OC(C)(C1CC2CC1C1CCCC21)C1CC2CC1C1CCCC21. The molecule has 2 heteroatoms. The molecule has 0 spiro atoms. The summed E-state index contributed by atoms with van der Waals surface area (Å²) < 4.78 is 6.40. The van der Waals surface area contributed by atoms with Crippen LogP contribution in [0.1, 0.15) is 71.1 Å². The Balaban J connectivity index is 1.33. The lowest BCUT2D eigenvalue weighted by Gasteiger charge is -2.50. The van der Waals surface area contributed by atoms with Crippen LogP contribution in [-0.4, -0.2) is 11.6 Å². The van der Waals surface area contributed by atoms with Gasteiger partial charge in [-0.1, -0.05) is 19.4 Å². The van der Waals surface area contributed by atoms with Crippen molar-refractivity contribution in [1.29, 1.82) is 0 Å². The normalized spacial score (nSPS) is 54.0. The molecule has 10 unspecified atom stereocenters. The molecular weight excluding hydrogens is 332 g/mol. The lowest BCUT2D eigenvalue weighted by Crippen LogP contribution is -2.52. The number of carbonyl (C=O) groups excluding carboxylic acids is 1. The summed E-state index contributed by atoms with van der Waals surface area (Å²) in [6, 6.07) is 0. The van der Waals surface area contributed by atoms with Crippen LogP contribution in [0.5, 0.6) is 0 Å². The number of hydrogen-bond donors (Lipinski definition) is 0. The fourth-order valence-corrected chi connectivity index (χ4v) is 10.1. The summed E-state index contributed by atoms with van der Waals surface area (Å²) in [5, 5.41) is 0. The molecule has 6 saturated carbocycles. The minimum Gasteiger partial charge on any atom is -0.456 e. The van der Waals surface area contributed by atoms with Crippen molar-refractivity contribution in [3.05, 3.63) is 12.7 Å². The van der Waals surface area contributed by atoms with Crippen LogP contribution in [0.25, 0.3) is 0 Å². The van der Waals surface area contributed by atoms with Gasteiger partial charge in [0, 0.05) is 17.9 Å². The van der Waals surface area contributed by atoms with Crippen molar-refractivity contribution in [2.75, 3.05) is 0 Å². The van der Waals surface area contributed by atoms with Gasteiger partial charge in [-0.05, 0) is 106 Å². The van der Waals surface area contributed by atoms with Gasteiger partial charge in [0.25, 0.3) is 0 Å². The van der Waals surface area contributed by atoms with Gasteiger partial charge in [-0.2, -0.15) is 0 Å². The standard InChI is InChI=1S/C25H36O2/c1-3-24(26)27-25(2,22-12-14-10-20(22)18-8-4-6-16(14)18)23-13-15-11-21(23)19-9-5-7-17(15)19/h3,14-23H,1,4-13H2,2H3. The maximum atomic E-state index is 12.5. The molecule has 10 atom stereocenters. The maximum Gasteiger partial charge on any atom is 0.330 e. The number of carbonyl (C=O) groups is 1. The van der Waals surface area contributed by atoms with E-state index >= 15 is 0 Å². The molecule has 0 radical (unpaired) electrons. The summed E-state index contributed by atoms with van der Waals surface area (Å²) >= 11 is 0. The van der Waals surface area contributed by atoms with E-state index in [0.717, 1.165) is 47.3 Å².